The summed E-state index contributed by atoms with van der Waals surface area (Å²) in [7, 11) is 0. The van der Waals surface area contributed by atoms with Crippen LogP contribution in [0.2, 0.25) is 5.02 Å². The molecule has 3 aromatic rings. The van der Waals surface area contributed by atoms with E-state index in [9.17, 15) is 19.7 Å². The molecule has 1 aromatic heterocycles. The normalized spacial score (nSPS) is 10.9. The number of aromatic amines is 1. The van der Waals surface area contributed by atoms with Crippen LogP contribution in [0.4, 0.5) is 5.69 Å². The minimum absolute atomic E-state index is 0.0773. The van der Waals surface area contributed by atoms with E-state index in [0.717, 1.165) is 6.07 Å². The Bertz CT molecular complexity index is 1150. The van der Waals surface area contributed by atoms with Gasteiger partial charge >= 0.3 is 0 Å². The molecule has 0 aliphatic carbocycles. The third-order valence-electron chi connectivity index (χ3n) is 3.86. The molecule has 1 amide bonds. The lowest BCUT2D eigenvalue weighted by molar-refractivity contribution is -0.384. The van der Waals surface area contributed by atoms with Crippen molar-refractivity contribution in [2.45, 2.75) is 6.92 Å². The number of halogens is 1. The van der Waals surface area contributed by atoms with Gasteiger partial charge in [0.05, 0.1) is 22.4 Å². The maximum Gasteiger partial charge on any atom is 0.280 e. The molecule has 2 N–H and O–H groups in total. The Morgan fingerprint density at radius 2 is 2.04 bits per heavy atom. The van der Waals surface area contributed by atoms with Gasteiger partial charge in [-0.05, 0) is 31.2 Å². The number of non-ortho nitro benzene ring substituents is 1. The summed E-state index contributed by atoms with van der Waals surface area (Å²) in [5, 5.41) is 18.0. The van der Waals surface area contributed by atoms with Gasteiger partial charge in [0, 0.05) is 28.4 Å². The molecule has 0 aliphatic heterocycles. The van der Waals surface area contributed by atoms with Crippen molar-refractivity contribution in [3.63, 3.8) is 0 Å². The number of carbonyl (C=O) groups is 1. The van der Waals surface area contributed by atoms with Crippen molar-refractivity contribution >= 4 is 29.4 Å². The van der Waals surface area contributed by atoms with Gasteiger partial charge < -0.3 is 0 Å². The third-order valence-corrected chi connectivity index (χ3v) is 4.10. The number of nitrogens with zero attached hydrogens (tertiary/aromatic N) is 3. The van der Waals surface area contributed by atoms with Gasteiger partial charge in [0.25, 0.3) is 17.2 Å². The van der Waals surface area contributed by atoms with Crippen LogP contribution >= 0.6 is 11.6 Å². The van der Waals surface area contributed by atoms with Gasteiger partial charge in [-0.15, -0.1) is 0 Å². The first-order valence-electron chi connectivity index (χ1n) is 8.02. The summed E-state index contributed by atoms with van der Waals surface area (Å²) in [6, 6.07) is 12.0. The molecule has 0 fully saturated rings. The largest absolute Gasteiger partial charge is 0.295 e. The van der Waals surface area contributed by atoms with E-state index in [1.807, 2.05) is 0 Å². The minimum Gasteiger partial charge on any atom is -0.295 e. The van der Waals surface area contributed by atoms with E-state index in [2.05, 4.69) is 15.6 Å². The molecule has 0 unspecified atom stereocenters. The molecule has 28 heavy (non-hydrogen) atoms. The van der Waals surface area contributed by atoms with Crippen LogP contribution in [0.15, 0.2) is 58.4 Å². The monoisotopic (exact) mass is 399 g/mol. The molecule has 0 atom stereocenters. The summed E-state index contributed by atoms with van der Waals surface area (Å²) < 4.78 is 1.31. The Labute approximate surface area is 163 Å². The maximum atomic E-state index is 12.6. The van der Waals surface area contributed by atoms with Crippen molar-refractivity contribution in [2.24, 2.45) is 5.10 Å². The van der Waals surface area contributed by atoms with E-state index in [0.29, 0.717) is 16.4 Å². The fourth-order valence-corrected chi connectivity index (χ4v) is 2.67. The van der Waals surface area contributed by atoms with Crippen LogP contribution in [0.3, 0.4) is 0 Å². The zero-order chi connectivity index (χ0) is 20.3. The van der Waals surface area contributed by atoms with Crippen molar-refractivity contribution in [3.8, 4) is 5.69 Å². The molecule has 3 rings (SSSR count). The highest BCUT2D eigenvalue weighted by molar-refractivity contribution is 6.30. The van der Waals surface area contributed by atoms with E-state index in [1.54, 1.807) is 31.2 Å². The fraction of sp³-hybridized carbons (Fsp3) is 0.0556. The maximum absolute atomic E-state index is 12.6. The lowest BCUT2D eigenvalue weighted by atomic mass is 10.2. The number of rotatable bonds is 5. The van der Waals surface area contributed by atoms with Gasteiger partial charge in [-0.25, -0.2) is 10.1 Å². The molecule has 9 nitrogen and oxygen atoms in total. The Hall–Kier alpha value is -3.72. The number of hydrogen-bond donors (Lipinski definition) is 2. The number of nitrogens with one attached hydrogen (secondary N) is 2. The zero-order valence-electron chi connectivity index (χ0n) is 14.5. The summed E-state index contributed by atoms with van der Waals surface area (Å²) in [4.78, 5) is 34.9. The number of aromatic nitrogens is 2. The molecule has 142 valence electrons. The average molecular weight is 400 g/mol. The number of hydrogen-bond acceptors (Lipinski definition) is 5. The predicted octanol–water partition coefficient (Wildman–Crippen LogP) is 2.80. The lowest BCUT2D eigenvalue weighted by Crippen LogP contribution is -2.20. The average Bonchev–Trinajstić information content (AvgIpc) is 2.96. The van der Waals surface area contributed by atoms with Crippen LogP contribution in [-0.4, -0.2) is 26.8 Å². The Kier molecular flexibility index (Phi) is 5.37. The standard InChI is InChI=1S/C18H14ClN5O4/c1-11-16(18(26)23(22-11)14-6-3-5-13(19)9-14)10-20-21-17(25)12-4-2-7-15(8-12)24(27)28/h2-10,22H,1H3,(H,21,25). The van der Waals surface area contributed by atoms with E-state index >= 15 is 0 Å². The molecule has 0 saturated carbocycles. The molecular formula is C18H14ClN5O4. The van der Waals surface area contributed by atoms with Crippen molar-refractivity contribution in [1.82, 2.24) is 15.2 Å². The molecule has 0 radical (unpaired) electrons. The lowest BCUT2D eigenvalue weighted by Gasteiger charge is -2.01. The van der Waals surface area contributed by atoms with E-state index in [1.165, 1.54) is 29.1 Å². The van der Waals surface area contributed by atoms with E-state index < -0.39 is 10.8 Å². The summed E-state index contributed by atoms with van der Waals surface area (Å²) in [5.74, 6) is -0.636. The second-order valence-corrected chi connectivity index (χ2v) is 6.21. The predicted molar refractivity (Wildman–Crippen MR) is 104 cm³/mol. The number of amides is 1. The molecule has 0 spiro atoms. The SMILES string of the molecule is Cc1[nH]n(-c2cccc(Cl)c2)c(=O)c1C=NNC(=O)c1cccc([N+](=O)[O-])c1. The van der Waals surface area contributed by atoms with Crippen LogP contribution in [0.25, 0.3) is 5.69 Å². The van der Waals surface area contributed by atoms with Crippen molar-refractivity contribution in [3.05, 3.63) is 90.8 Å². The molecule has 10 heteroatoms. The van der Waals surface area contributed by atoms with Crippen LogP contribution in [0.5, 0.6) is 0 Å². The number of H-pyrrole nitrogens is 1. The van der Waals surface area contributed by atoms with Crippen LogP contribution in [0.1, 0.15) is 21.6 Å². The first-order valence-corrected chi connectivity index (χ1v) is 8.40. The molecule has 0 saturated heterocycles. The first kappa shape index (κ1) is 19.1. The summed E-state index contributed by atoms with van der Waals surface area (Å²) in [6.07, 6.45) is 1.21. The minimum atomic E-state index is -0.636. The van der Waals surface area contributed by atoms with Crippen molar-refractivity contribution in [1.29, 1.82) is 0 Å². The quantitative estimate of drug-likeness (QED) is 0.389. The first-order chi connectivity index (χ1) is 13.4. The molecule has 0 bridgehead atoms. The van der Waals surface area contributed by atoms with Crippen LogP contribution in [0, 0.1) is 17.0 Å². The molecule has 2 aromatic carbocycles. The van der Waals surface area contributed by atoms with E-state index in [-0.39, 0.29) is 22.4 Å². The summed E-state index contributed by atoms with van der Waals surface area (Å²) >= 11 is 5.96. The van der Waals surface area contributed by atoms with Gasteiger partial charge in [-0.3, -0.25) is 24.8 Å². The Morgan fingerprint density at radius 3 is 2.75 bits per heavy atom. The Morgan fingerprint density at radius 1 is 1.29 bits per heavy atom. The number of nitro benzene ring substituents is 1. The molecule has 0 aliphatic rings. The van der Waals surface area contributed by atoms with Gasteiger partial charge in [-0.1, -0.05) is 23.7 Å². The van der Waals surface area contributed by atoms with Gasteiger partial charge in [0.1, 0.15) is 0 Å². The smallest absolute Gasteiger partial charge is 0.280 e. The van der Waals surface area contributed by atoms with Crippen LogP contribution < -0.4 is 11.0 Å². The molecule has 1 heterocycles. The second kappa shape index (κ2) is 7.89. The van der Waals surface area contributed by atoms with Gasteiger partial charge in [0.15, 0.2) is 0 Å². The van der Waals surface area contributed by atoms with E-state index in [4.69, 9.17) is 11.6 Å². The summed E-state index contributed by atoms with van der Waals surface area (Å²) in [6.45, 7) is 1.69. The number of carbonyl (C=O) groups excluding carboxylic acids is 1. The van der Waals surface area contributed by atoms with Crippen molar-refractivity contribution in [2.75, 3.05) is 0 Å². The third kappa shape index (κ3) is 3.99. The highest BCUT2D eigenvalue weighted by Gasteiger charge is 2.13. The number of benzene rings is 2. The van der Waals surface area contributed by atoms with Crippen molar-refractivity contribution < 1.29 is 9.72 Å². The van der Waals surface area contributed by atoms with Gasteiger partial charge in [-0.2, -0.15) is 5.10 Å². The second-order valence-electron chi connectivity index (χ2n) is 5.78. The highest BCUT2D eigenvalue weighted by Crippen LogP contribution is 2.14. The molecular weight excluding hydrogens is 386 g/mol. The fourth-order valence-electron chi connectivity index (χ4n) is 2.49. The number of aryl methyl sites for hydroxylation is 1. The Balaban J connectivity index is 1.80. The number of hydrazone groups is 1. The topological polar surface area (TPSA) is 122 Å². The highest BCUT2D eigenvalue weighted by atomic mass is 35.5. The summed E-state index contributed by atoms with van der Waals surface area (Å²) in [5.41, 5.74) is 3.10. The van der Waals surface area contributed by atoms with Gasteiger partial charge in [0.2, 0.25) is 0 Å². The van der Waals surface area contributed by atoms with Crippen LogP contribution in [-0.2, 0) is 0 Å². The number of nitro groups is 1. The zero-order valence-corrected chi connectivity index (χ0v) is 15.3.